The molecule has 2 heterocycles. The number of carbonyl (C=O) groups excluding carboxylic acids is 4. The van der Waals surface area contributed by atoms with Crippen molar-refractivity contribution in [2.24, 2.45) is 0 Å². The molecule has 0 bridgehead atoms. The molecule has 2 rings (SSSR count). The Balaban J connectivity index is 2.21. The first-order valence-electron chi connectivity index (χ1n) is 10.8. The van der Waals surface area contributed by atoms with Gasteiger partial charge in [0.05, 0.1) is 0 Å². The van der Waals surface area contributed by atoms with Crippen LogP contribution in [0.25, 0.3) is 0 Å². The van der Waals surface area contributed by atoms with Crippen LogP contribution in [-0.4, -0.2) is 99.5 Å². The molecule has 2 fully saturated rings. The molecule has 2 saturated heterocycles. The van der Waals surface area contributed by atoms with Crippen LogP contribution in [0.4, 0.5) is 4.79 Å². The van der Waals surface area contributed by atoms with E-state index in [0.29, 0.717) is 25.8 Å². The number of ether oxygens (including phenoxy) is 1. The zero-order valence-corrected chi connectivity index (χ0v) is 19.6. The summed E-state index contributed by atoms with van der Waals surface area (Å²) in [4.78, 5) is 66.2. The lowest BCUT2D eigenvalue weighted by molar-refractivity contribution is -0.153. The molecule has 2 N–H and O–H groups in total. The van der Waals surface area contributed by atoms with Gasteiger partial charge in [0, 0.05) is 33.1 Å². The van der Waals surface area contributed by atoms with Gasteiger partial charge in [0.15, 0.2) is 0 Å². The number of carboxylic acid groups (broad SMARTS) is 1. The highest BCUT2D eigenvalue weighted by Crippen LogP contribution is 2.29. The van der Waals surface area contributed by atoms with E-state index in [2.05, 4.69) is 5.32 Å². The Morgan fingerprint density at radius 1 is 1.19 bits per heavy atom. The summed E-state index contributed by atoms with van der Waals surface area (Å²) in [5, 5.41) is 12.2. The molecule has 0 spiro atoms. The predicted octanol–water partition coefficient (Wildman–Crippen LogP) is 0.423. The van der Waals surface area contributed by atoms with Crippen LogP contribution < -0.4 is 5.32 Å². The molecule has 180 valence electrons. The van der Waals surface area contributed by atoms with Crippen LogP contribution >= 0.6 is 0 Å². The maximum absolute atomic E-state index is 13.3. The van der Waals surface area contributed by atoms with Crippen molar-refractivity contribution in [3.8, 4) is 0 Å². The lowest BCUT2D eigenvalue weighted by Crippen LogP contribution is -2.62. The Kier molecular flexibility index (Phi) is 7.74. The normalized spacial score (nSPS) is 24.7. The van der Waals surface area contributed by atoms with Gasteiger partial charge in [0.25, 0.3) is 0 Å². The largest absolute Gasteiger partial charge is 0.480 e. The van der Waals surface area contributed by atoms with Crippen molar-refractivity contribution in [1.82, 2.24) is 20.0 Å². The van der Waals surface area contributed by atoms with Gasteiger partial charge < -0.3 is 25.0 Å². The molecule has 0 aromatic carbocycles. The number of carboxylic acids is 1. The van der Waals surface area contributed by atoms with Crippen LogP contribution in [0.2, 0.25) is 0 Å². The van der Waals surface area contributed by atoms with Crippen LogP contribution in [0.5, 0.6) is 0 Å². The van der Waals surface area contributed by atoms with E-state index in [0.717, 1.165) is 4.90 Å². The first-order chi connectivity index (χ1) is 14.7. The van der Waals surface area contributed by atoms with Gasteiger partial charge in [-0.25, -0.2) is 9.59 Å². The highest BCUT2D eigenvalue weighted by atomic mass is 16.6. The molecule has 0 aromatic rings. The zero-order valence-electron chi connectivity index (χ0n) is 19.6. The third-order valence-electron chi connectivity index (χ3n) is 5.88. The number of nitrogens with zero attached hydrogens (tertiary/aromatic N) is 3. The van der Waals surface area contributed by atoms with Gasteiger partial charge in [-0.3, -0.25) is 19.3 Å². The Bertz CT molecular complexity index is 779. The maximum Gasteiger partial charge on any atom is 0.410 e. The van der Waals surface area contributed by atoms with E-state index in [1.807, 2.05) is 0 Å². The number of nitrogens with one attached hydrogen (secondary N) is 1. The van der Waals surface area contributed by atoms with Crippen LogP contribution in [0.1, 0.15) is 53.9 Å². The number of aliphatic carboxylic acids is 1. The Labute approximate surface area is 188 Å². The summed E-state index contributed by atoms with van der Waals surface area (Å²) in [6, 6.07) is -3.35. The van der Waals surface area contributed by atoms with E-state index >= 15 is 0 Å². The summed E-state index contributed by atoms with van der Waals surface area (Å²) in [5.74, 6) is -2.47. The summed E-state index contributed by atoms with van der Waals surface area (Å²) in [6.07, 6.45) is 0.630. The summed E-state index contributed by atoms with van der Waals surface area (Å²) in [7, 11) is 1.41. The van der Waals surface area contributed by atoms with E-state index in [4.69, 9.17) is 4.74 Å². The van der Waals surface area contributed by atoms with Crippen molar-refractivity contribution in [1.29, 1.82) is 0 Å². The van der Waals surface area contributed by atoms with Gasteiger partial charge in [-0.2, -0.15) is 0 Å². The first kappa shape index (κ1) is 25.4. The lowest BCUT2D eigenvalue weighted by Gasteiger charge is -2.38. The van der Waals surface area contributed by atoms with Crippen LogP contribution in [-0.2, 0) is 23.9 Å². The molecule has 4 amide bonds. The second-order valence-electron chi connectivity index (χ2n) is 9.41. The molecule has 11 nitrogen and oxygen atoms in total. The number of likely N-dealkylation sites (N-methyl/N-ethyl adjacent to an activating group) is 1. The number of fused-ring (bicyclic) bond motifs is 1. The average molecular weight is 455 g/mol. The van der Waals surface area contributed by atoms with Gasteiger partial charge >= 0.3 is 12.1 Å². The van der Waals surface area contributed by atoms with E-state index in [1.54, 1.807) is 20.8 Å². The third-order valence-corrected chi connectivity index (χ3v) is 5.88. The Hall–Kier alpha value is -2.85. The molecule has 11 heteroatoms. The van der Waals surface area contributed by atoms with E-state index in [-0.39, 0.29) is 18.5 Å². The molecular formula is C21H34N4O7. The molecule has 0 aliphatic carbocycles. The number of hydrogen-bond donors (Lipinski definition) is 2. The fourth-order valence-electron chi connectivity index (χ4n) is 3.97. The van der Waals surface area contributed by atoms with E-state index in [9.17, 15) is 29.1 Å². The average Bonchev–Trinajstić information content (AvgIpc) is 3.09. The second-order valence-corrected chi connectivity index (χ2v) is 9.41. The molecule has 0 aromatic heterocycles. The fourth-order valence-corrected chi connectivity index (χ4v) is 3.97. The van der Waals surface area contributed by atoms with E-state index in [1.165, 1.54) is 30.7 Å². The summed E-state index contributed by atoms with van der Waals surface area (Å²) >= 11 is 0. The Morgan fingerprint density at radius 2 is 1.81 bits per heavy atom. The van der Waals surface area contributed by atoms with Crippen LogP contribution in [0, 0.1) is 0 Å². The maximum atomic E-state index is 13.3. The van der Waals surface area contributed by atoms with Crippen molar-refractivity contribution in [2.45, 2.75) is 83.6 Å². The lowest BCUT2D eigenvalue weighted by atomic mass is 10.1. The molecule has 0 radical (unpaired) electrons. The van der Waals surface area contributed by atoms with Gasteiger partial charge in [-0.15, -0.1) is 0 Å². The van der Waals surface area contributed by atoms with Gasteiger partial charge in [-0.1, -0.05) is 0 Å². The van der Waals surface area contributed by atoms with Crippen LogP contribution in [0.15, 0.2) is 0 Å². The standard InChI is InChI=1S/C21H34N4O7/c1-12(23(6)20(31)32-21(3,4)5)17(27)22-15-11-24(13(2)26)10-9-14-7-8-16(19(29)30)25(14)18(15)28/h12,14-16H,7-11H2,1-6H3,(H,22,27)(H,29,30)/t12-,14+,15-,16-/m0/s1. The quantitative estimate of drug-likeness (QED) is 0.628. The topological polar surface area (TPSA) is 137 Å². The summed E-state index contributed by atoms with van der Waals surface area (Å²) in [5.41, 5.74) is -0.740. The minimum absolute atomic E-state index is 0.0711. The van der Waals surface area contributed by atoms with Crippen molar-refractivity contribution in [3.05, 3.63) is 0 Å². The molecule has 0 saturated carbocycles. The van der Waals surface area contributed by atoms with Gasteiger partial charge in [-0.05, 0) is 47.0 Å². The predicted molar refractivity (Wildman–Crippen MR) is 114 cm³/mol. The number of hydrogen-bond acceptors (Lipinski definition) is 6. The van der Waals surface area contributed by atoms with Crippen molar-refractivity contribution in [3.63, 3.8) is 0 Å². The molecular weight excluding hydrogens is 420 g/mol. The van der Waals surface area contributed by atoms with Crippen molar-refractivity contribution >= 4 is 29.8 Å². The third kappa shape index (κ3) is 5.89. The summed E-state index contributed by atoms with van der Waals surface area (Å²) < 4.78 is 5.28. The molecule has 4 atom stereocenters. The molecule has 32 heavy (non-hydrogen) atoms. The number of amides is 4. The summed E-state index contributed by atoms with van der Waals surface area (Å²) in [6.45, 7) is 8.29. The Morgan fingerprint density at radius 3 is 2.34 bits per heavy atom. The molecule has 0 unspecified atom stereocenters. The fraction of sp³-hybridized carbons (Fsp3) is 0.762. The van der Waals surface area contributed by atoms with E-state index < -0.39 is 47.6 Å². The number of carbonyl (C=O) groups is 5. The van der Waals surface area contributed by atoms with Crippen LogP contribution in [0.3, 0.4) is 0 Å². The van der Waals surface area contributed by atoms with Gasteiger partial charge in [0.1, 0.15) is 23.7 Å². The molecule has 2 aliphatic heterocycles. The highest BCUT2D eigenvalue weighted by molar-refractivity contribution is 5.93. The smallest absolute Gasteiger partial charge is 0.410 e. The minimum Gasteiger partial charge on any atom is -0.480 e. The second kappa shape index (κ2) is 9.74. The SMILES string of the molecule is CC(=O)N1CC[C@H]2CC[C@@H](C(=O)O)N2C(=O)[C@@H](NC(=O)[C@H](C)N(C)C(=O)OC(C)(C)C)C1. The number of rotatable bonds is 4. The first-order valence-corrected chi connectivity index (χ1v) is 10.8. The van der Waals surface area contributed by atoms with Crippen molar-refractivity contribution in [2.75, 3.05) is 20.1 Å². The molecule has 2 aliphatic rings. The highest BCUT2D eigenvalue weighted by Gasteiger charge is 2.45. The van der Waals surface area contributed by atoms with Gasteiger partial charge in [0.2, 0.25) is 17.7 Å². The van der Waals surface area contributed by atoms with Crippen molar-refractivity contribution < 1.29 is 33.8 Å². The zero-order chi connectivity index (χ0) is 24.4. The monoisotopic (exact) mass is 454 g/mol. The minimum atomic E-state index is -1.12.